The molecule has 2 aromatic carbocycles. The highest BCUT2D eigenvalue weighted by Gasteiger charge is 2.42. The Labute approximate surface area is 173 Å². The molecule has 28 heavy (non-hydrogen) atoms. The summed E-state index contributed by atoms with van der Waals surface area (Å²) in [4.78, 5) is 12.1. The van der Waals surface area contributed by atoms with Crippen LogP contribution in [-0.4, -0.2) is 28.5 Å². The zero-order valence-electron chi connectivity index (χ0n) is 14.8. The number of nitrogens with zero attached hydrogens (tertiary/aromatic N) is 1. The van der Waals surface area contributed by atoms with Gasteiger partial charge in [0.15, 0.2) is 0 Å². The van der Waals surface area contributed by atoms with Crippen LogP contribution in [0.15, 0.2) is 41.3 Å². The van der Waals surface area contributed by atoms with Gasteiger partial charge in [0.05, 0.1) is 27.9 Å². The Morgan fingerprint density at radius 3 is 2.21 bits per heavy atom. The van der Waals surface area contributed by atoms with Gasteiger partial charge in [0.1, 0.15) is 0 Å². The second-order valence-electron chi connectivity index (χ2n) is 6.50. The van der Waals surface area contributed by atoms with E-state index in [2.05, 4.69) is 4.72 Å². The average Bonchev–Trinajstić information content (AvgIpc) is 2.72. The van der Waals surface area contributed by atoms with Gasteiger partial charge in [-0.25, -0.2) is 21.1 Å². The van der Waals surface area contributed by atoms with Crippen molar-refractivity contribution in [1.29, 1.82) is 0 Å². The fraction of sp³-hybridized carbons (Fsp3) is 0.235. The van der Waals surface area contributed by atoms with Crippen molar-refractivity contribution in [2.75, 3.05) is 14.8 Å². The number of carbonyl (C=O) groups excluding carboxylic acids is 1. The molecule has 1 amide bonds. The van der Waals surface area contributed by atoms with Crippen molar-refractivity contribution >= 4 is 60.5 Å². The van der Waals surface area contributed by atoms with Gasteiger partial charge in [-0.3, -0.25) is 9.52 Å². The molecular weight excluding hydrogens is 447 g/mol. The van der Waals surface area contributed by atoms with Crippen LogP contribution in [0.4, 0.5) is 11.4 Å². The van der Waals surface area contributed by atoms with E-state index in [1.807, 2.05) is 0 Å². The summed E-state index contributed by atoms with van der Waals surface area (Å²) < 4.78 is 53.0. The first-order valence-corrected chi connectivity index (χ1v) is 11.9. The van der Waals surface area contributed by atoms with E-state index >= 15 is 0 Å². The second-order valence-corrected chi connectivity index (χ2v) is 10.9. The molecule has 1 atom stereocenters. The Hall–Kier alpha value is -1.81. The number of carbonyl (C=O) groups is 1. The highest BCUT2D eigenvalue weighted by atomic mass is 35.5. The number of amides is 1. The van der Waals surface area contributed by atoms with E-state index < -0.39 is 31.9 Å². The van der Waals surface area contributed by atoms with Crippen molar-refractivity contribution < 1.29 is 21.6 Å². The number of anilines is 2. The van der Waals surface area contributed by atoms with Crippen LogP contribution in [-0.2, 0) is 24.8 Å². The smallest absolute Gasteiger partial charge is 0.262 e. The fourth-order valence-electron chi connectivity index (χ4n) is 2.97. The van der Waals surface area contributed by atoms with E-state index in [-0.39, 0.29) is 37.6 Å². The van der Waals surface area contributed by atoms with Crippen molar-refractivity contribution in [3.8, 4) is 0 Å². The molecule has 0 aromatic heterocycles. The Balaban J connectivity index is 1.97. The standard InChI is InChI=1S/C17H16Cl2N2O5S2/c1-10-5-15(21-17(22)11(2)9-27(21,23)24)3-4-16(10)28(25,26)20-14-7-12(18)6-13(19)8-14/h3-8,11,20H,9H2,1-2H3. The second kappa shape index (κ2) is 7.22. The van der Waals surface area contributed by atoms with Gasteiger partial charge >= 0.3 is 0 Å². The van der Waals surface area contributed by atoms with Gasteiger partial charge in [0.25, 0.3) is 10.0 Å². The summed E-state index contributed by atoms with van der Waals surface area (Å²) in [6.07, 6.45) is 0. The van der Waals surface area contributed by atoms with Gasteiger partial charge < -0.3 is 0 Å². The molecule has 0 bridgehead atoms. The monoisotopic (exact) mass is 462 g/mol. The van der Waals surface area contributed by atoms with E-state index in [0.717, 1.165) is 4.31 Å². The van der Waals surface area contributed by atoms with Gasteiger partial charge in [-0.05, 0) is 48.9 Å². The summed E-state index contributed by atoms with van der Waals surface area (Å²) in [6, 6.07) is 8.19. The van der Waals surface area contributed by atoms with E-state index in [1.54, 1.807) is 0 Å². The number of aryl methyl sites for hydroxylation is 1. The first-order chi connectivity index (χ1) is 12.9. The number of nitrogens with one attached hydrogen (secondary N) is 1. The van der Waals surface area contributed by atoms with Crippen LogP contribution < -0.4 is 9.03 Å². The van der Waals surface area contributed by atoms with Gasteiger partial charge in [-0.15, -0.1) is 0 Å². The zero-order valence-corrected chi connectivity index (χ0v) is 18.0. The minimum Gasteiger partial charge on any atom is -0.280 e. The third kappa shape index (κ3) is 3.98. The fourth-order valence-corrected chi connectivity index (χ4v) is 6.58. The number of sulfonamides is 2. The van der Waals surface area contributed by atoms with Crippen molar-refractivity contribution in [1.82, 2.24) is 0 Å². The van der Waals surface area contributed by atoms with Crippen molar-refractivity contribution in [2.24, 2.45) is 5.92 Å². The van der Waals surface area contributed by atoms with Crippen LogP contribution in [0.25, 0.3) is 0 Å². The van der Waals surface area contributed by atoms with Gasteiger partial charge in [0, 0.05) is 10.0 Å². The van der Waals surface area contributed by atoms with Crippen LogP contribution in [0.2, 0.25) is 10.0 Å². The molecule has 1 unspecified atom stereocenters. The topological polar surface area (TPSA) is 101 Å². The first kappa shape index (κ1) is 20.9. The zero-order chi connectivity index (χ0) is 20.9. The maximum Gasteiger partial charge on any atom is 0.262 e. The summed E-state index contributed by atoms with van der Waals surface area (Å²) >= 11 is 11.8. The molecule has 1 N–H and O–H groups in total. The summed E-state index contributed by atoms with van der Waals surface area (Å²) in [5.41, 5.74) is 0.573. The highest BCUT2D eigenvalue weighted by molar-refractivity contribution is 7.94. The van der Waals surface area contributed by atoms with E-state index in [0.29, 0.717) is 0 Å². The average molecular weight is 463 g/mol. The molecule has 0 aliphatic carbocycles. The van der Waals surface area contributed by atoms with E-state index in [4.69, 9.17) is 23.2 Å². The maximum atomic E-state index is 12.7. The summed E-state index contributed by atoms with van der Waals surface area (Å²) in [7, 11) is -7.76. The highest BCUT2D eigenvalue weighted by Crippen LogP contribution is 2.31. The minimum absolute atomic E-state index is 0.0653. The normalized spacial score (nSPS) is 19.1. The molecule has 2 aromatic rings. The van der Waals surface area contributed by atoms with Crippen LogP contribution in [0.5, 0.6) is 0 Å². The third-order valence-corrected chi connectivity index (χ3v) is 8.00. The quantitative estimate of drug-likeness (QED) is 0.749. The molecule has 0 radical (unpaired) electrons. The van der Waals surface area contributed by atoms with Crippen LogP contribution in [0.1, 0.15) is 12.5 Å². The molecule has 1 saturated heterocycles. The maximum absolute atomic E-state index is 12.7. The Kier molecular flexibility index (Phi) is 5.39. The lowest BCUT2D eigenvalue weighted by molar-refractivity contribution is -0.119. The molecule has 7 nitrogen and oxygen atoms in total. The number of hydrogen-bond donors (Lipinski definition) is 1. The lowest BCUT2D eigenvalue weighted by Crippen LogP contribution is -2.30. The van der Waals surface area contributed by atoms with Crippen molar-refractivity contribution in [3.05, 3.63) is 52.0 Å². The van der Waals surface area contributed by atoms with Crippen LogP contribution in [0, 0.1) is 12.8 Å². The Morgan fingerprint density at radius 2 is 1.71 bits per heavy atom. The molecule has 150 valence electrons. The van der Waals surface area contributed by atoms with Crippen molar-refractivity contribution in [2.45, 2.75) is 18.7 Å². The molecular formula is C17H16Cl2N2O5S2. The van der Waals surface area contributed by atoms with Gasteiger partial charge in [-0.2, -0.15) is 0 Å². The summed E-state index contributed by atoms with van der Waals surface area (Å²) in [5.74, 6) is -1.47. The number of rotatable bonds is 4. The van der Waals surface area contributed by atoms with Gasteiger partial charge in [0.2, 0.25) is 15.9 Å². The summed E-state index contributed by atoms with van der Waals surface area (Å²) in [5, 5.41) is 0.535. The Bertz CT molecular complexity index is 1160. The molecule has 0 spiro atoms. The number of benzene rings is 2. The van der Waals surface area contributed by atoms with E-state index in [9.17, 15) is 21.6 Å². The van der Waals surface area contributed by atoms with Gasteiger partial charge in [-0.1, -0.05) is 30.1 Å². The predicted molar refractivity (Wildman–Crippen MR) is 109 cm³/mol. The third-order valence-electron chi connectivity index (χ3n) is 4.16. The molecule has 1 aliphatic heterocycles. The first-order valence-electron chi connectivity index (χ1n) is 8.07. The van der Waals surface area contributed by atoms with Crippen molar-refractivity contribution in [3.63, 3.8) is 0 Å². The lowest BCUT2D eigenvalue weighted by atomic mass is 10.2. The van der Waals surface area contributed by atoms with Crippen LogP contribution in [0.3, 0.4) is 0 Å². The Morgan fingerprint density at radius 1 is 1.11 bits per heavy atom. The largest absolute Gasteiger partial charge is 0.280 e. The molecule has 3 rings (SSSR count). The molecule has 1 heterocycles. The molecule has 0 saturated carbocycles. The minimum atomic E-state index is -3.99. The summed E-state index contributed by atoms with van der Waals surface area (Å²) in [6.45, 7) is 3.05. The van der Waals surface area contributed by atoms with Crippen LogP contribution >= 0.6 is 23.2 Å². The number of halogens is 2. The molecule has 1 fully saturated rings. The SMILES string of the molecule is Cc1cc(N2C(=O)C(C)CS2(=O)=O)ccc1S(=O)(=O)Nc1cc(Cl)cc(Cl)c1. The molecule has 11 heteroatoms. The number of hydrogen-bond acceptors (Lipinski definition) is 5. The predicted octanol–water partition coefficient (Wildman–Crippen LogP) is 3.42. The molecule has 1 aliphatic rings. The lowest BCUT2D eigenvalue weighted by Gasteiger charge is -2.17. The van der Waals surface area contributed by atoms with E-state index in [1.165, 1.54) is 50.2 Å².